The zero-order chi connectivity index (χ0) is 7.98. The van der Waals surface area contributed by atoms with Gasteiger partial charge in [0.1, 0.15) is 0 Å². The molecule has 0 aliphatic heterocycles. The van der Waals surface area contributed by atoms with E-state index in [1.54, 1.807) is 0 Å². The Balaban J connectivity index is 3.56. The molecule has 58 valence electrons. The van der Waals surface area contributed by atoms with Crippen LogP contribution < -0.4 is 0 Å². The lowest BCUT2D eigenvalue weighted by Gasteiger charge is -2.07. The van der Waals surface area contributed by atoms with Crippen LogP contribution in [0.15, 0.2) is 5.11 Å². The minimum absolute atomic E-state index is 0.0208. The first kappa shape index (κ1) is 9.60. The Labute approximate surface area is 66.0 Å². The van der Waals surface area contributed by atoms with Crippen molar-refractivity contribution in [3.8, 4) is 0 Å². The van der Waals surface area contributed by atoms with Crippen LogP contribution in [0.5, 0.6) is 0 Å². The van der Waals surface area contributed by atoms with Crippen molar-refractivity contribution >= 4 is 11.6 Å². The van der Waals surface area contributed by atoms with E-state index < -0.39 is 0 Å². The standard InChI is InChI=1S/C6H12ClN3/c1-3-6(7)4-5(2)9-10-8/h5-6H,3-4H2,1-2H3. The van der Waals surface area contributed by atoms with Crippen LogP contribution >= 0.6 is 11.6 Å². The van der Waals surface area contributed by atoms with E-state index in [0.29, 0.717) is 0 Å². The molecule has 0 N–H and O–H groups in total. The van der Waals surface area contributed by atoms with Gasteiger partial charge in [0.25, 0.3) is 0 Å². The van der Waals surface area contributed by atoms with Gasteiger partial charge < -0.3 is 0 Å². The summed E-state index contributed by atoms with van der Waals surface area (Å²) in [4.78, 5) is 2.69. The van der Waals surface area contributed by atoms with Crippen LogP contribution in [0.4, 0.5) is 0 Å². The summed E-state index contributed by atoms with van der Waals surface area (Å²) < 4.78 is 0. The Morgan fingerprint density at radius 2 is 2.30 bits per heavy atom. The van der Waals surface area contributed by atoms with Gasteiger partial charge >= 0.3 is 0 Å². The number of alkyl halides is 1. The first-order chi connectivity index (χ1) is 4.70. The van der Waals surface area contributed by atoms with Crippen LogP contribution in [-0.4, -0.2) is 11.4 Å². The molecule has 0 radical (unpaired) electrons. The molecule has 0 heterocycles. The second kappa shape index (κ2) is 5.39. The van der Waals surface area contributed by atoms with Crippen molar-refractivity contribution in [3.63, 3.8) is 0 Å². The third kappa shape index (κ3) is 4.48. The van der Waals surface area contributed by atoms with Gasteiger partial charge in [0.2, 0.25) is 0 Å². The predicted molar refractivity (Wildman–Crippen MR) is 43.2 cm³/mol. The maximum Gasteiger partial charge on any atom is 0.0359 e. The fraction of sp³-hybridized carbons (Fsp3) is 1.00. The van der Waals surface area contributed by atoms with Crippen molar-refractivity contribution < 1.29 is 0 Å². The molecule has 0 aliphatic rings. The largest absolute Gasteiger partial charge is 0.123 e. The smallest absolute Gasteiger partial charge is 0.0359 e. The van der Waals surface area contributed by atoms with E-state index in [2.05, 4.69) is 10.0 Å². The van der Waals surface area contributed by atoms with E-state index in [1.807, 2.05) is 13.8 Å². The van der Waals surface area contributed by atoms with Gasteiger partial charge in [-0.25, -0.2) is 0 Å². The molecule has 0 bridgehead atoms. The highest BCUT2D eigenvalue weighted by atomic mass is 35.5. The van der Waals surface area contributed by atoms with Gasteiger partial charge in [-0.2, -0.15) is 0 Å². The Bertz CT molecular complexity index is 131. The number of nitrogens with zero attached hydrogens (tertiary/aromatic N) is 3. The molecule has 0 rings (SSSR count). The van der Waals surface area contributed by atoms with E-state index in [0.717, 1.165) is 12.8 Å². The molecule has 0 spiro atoms. The lowest BCUT2D eigenvalue weighted by molar-refractivity contribution is 0.620. The van der Waals surface area contributed by atoms with Crippen molar-refractivity contribution in [1.82, 2.24) is 0 Å². The van der Waals surface area contributed by atoms with Crippen LogP contribution in [0.25, 0.3) is 10.4 Å². The van der Waals surface area contributed by atoms with E-state index in [9.17, 15) is 0 Å². The van der Waals surface area contributed by atoms with Crippen molar-refractivity contribution in [2.75, 3.05) is 0 Å². The fourth-order valence-corrected chi connectivity index (χ4v) is 0.930. The molecule has 0 aromatic rings. The molecule has 0 fully saturated rings. The second-order valence-corrected chi connectivity index (χ2v) is 2.91. The van der Waals surface area contributed by atoms with Crippen LogP contribution in [0.2, 0.25) is 0 Å². The monoisotopic (exact) mass is 161 g/mol. The van der Waals surface area contributed by atoms with Gasteiger partial charge in [0, 0.05) is 16.3 Å². The summed E-state index contributed by atoms with van der Waals surface area (Å²) in [6.07, 6.45) is 1.69. The third-order valence-electron chi connectivity index (χ3n) is 1.29. The van der Waals surface area contributed by atoms with Crippen molar-refractivity contribution in [2.24, 2.45) is 5.11 Å². The number of halogens is 1. The van der Waals surface area contributed by atoms with E-state index >= 15 is 0 Å². The fourth-order valence-electron chi connectivity index (χ4n) is 0.672. The molecule has 0 saturated heterocycles. The first-order valence-electron chi connectivity index (χ1n) is 3.39. The summed E-state index contributed by atoms with van der Waals surface area (Å²) >= 11 is 5.81. The van der Waals surface area contributed by atoms with Gasteiger partial charge in [-0.3, -0.25) is 0 Å². The zero-order valence-corrected chi connectivity index (χ0v) is 7.04. The first-order valence-corrected chi connectivity index (χ1v) is 3.82. The minimum Gasteiger partial charge on any atom is -0.123 e. The highest BCUT2D eigenvalue weighted by Crippen LogP contribution is 2.11. The maximum absolute atomic E-state index is 8.04. The highest BCUT2D eigenvalue weighted by molar-refractivity contribution is 6.20. The lowest BCUT2D eigenvalue weighted by atomic mass is 10.1. The van der Waals surface area contributed by atoms with Crippen LogP contribution in [-0.2, 0) is 0 Å². The average Bonchev–Trinajstić information content (AvgIpc) is 1.88. The summed E-state index contributed by atoms with van der Waals surface area (Å²) in [5, 5.41) is 3.65. The van der Waals surface area contributed by atoms with Crippen molar-refractivity contribution in [1.29, 1.82) is 0 Å². The third-order valence-corrected chi connectivity index (χ3v) is 1.78. The van der Waals surface area contributed by atoms with Crippen LogP contribution in [0, 0.1) is 0 Å². The molecule has 0 aliphatic carbocycles. The van der Waals surface area contributed by atoms with Crippen molar-refractivity contribution in [3.05, 3.63) is 10.4 Å². The molecule has 3 nitrogen and oxygen atoms in total. The molecule has 0 saturated carbocycles. The van der Waals surface area contributed by atoms with Crippen LogP contribution in [0.3, 0.4) is 0 Å². The Morgan fingerprint density at radius 1 is 1.70 bits per heavy atom. The molecular formula is C6H12ClN3. The number of azide groups is 1. The Hall–Kier alpha value is -0.400. The SMILES string of the molecule is CCC(Cl)CC(C)N=[N+]=[N-]. The van der Waals surface area contributed by atoms with Gasteiger partial charge in [-0.05, 0) is 18.4 Å². The van der Waals surface area contributed by atoms with E-state index in [1.165, 1.54) is 0 Å². The van der Waals surface area contributed by atoms with Crippen molar-refractivity contribution in [2.45, 2.75) is 38.1 Å². The topological polar surface area (TPSA) is 48.8 Å². The number of hydrogen-bond acceptors (Lipinski definition) is 1. The maximum atomic E-state index is 8.04. The molecule has 4 heteroatoms. The summed E-state index contributed by atoms with van der Waals surface area (Å²) in [5.41, 5.74) is 8.04. The predicted octanol–water partition coefficient (Wildman–Crippen LogP) is 3.09. The van der Waals surface area contributed by atoms with Gasteiger partial charge in [0.15, 0.2) is 0 Å². The van der Waals surface area contributed by atoms with E-state index in [4.69, 9.17) is 17.1 Å². The van der Waals surface area contributed by atoms with Crippen LogP contribution in [0.1, 0.15) is 26.7 Å². The minimum atomic E-state index is 0.0208. The highest BCUT2D eigenvalue weighted by Gasteiger charge is 2.05. The number of hydrogen-bond donors (Lipinski definition) is 0. The number of rotatable bonds is 4. The molecule has 10 heavy (non-hydrogen) atoms. The Kier molecular flexibility index (Phi) is 5.17. The molecule has 2 unspecified atom stereocenters. The molecule has 0 aromatic carbocycles. The average molecular weight is 162 g/mol. The molecule has 0 aromatic heterocycles. The lowest BCUT2D eigenvalue weighted by Crippen LogP contribution is -2.06. The van der Waals surface area contributed by atoms with Gasteiger partial charge in [-0.15, -0.1) is 11.6 Å². The molecule has 2 atom stereocenters. The van der Waals surface area contributed by atoms with Gasteiger partial charge in [0.05, 0.1) is 0 Å². The summed E-state index contributed by atoms with van der Waals surface area (Å²) in [6.45, 7) is 3.88. The van der Waals surface area contributed by atoms with E-state index in [-0.39, 0.29) is 11.4 Å². The quantitative estimate of drug-likeness (QED) is 0.263. The summed E-state index contributed by atoms with van der Waals surface area (Å²) in [6, 6.07) is 0.0208. The second-order valence-electron chi connectivity index (χ2n) is 2.30. The zero-order valence-electron chi connectivity index (χ0n) is 6.29. The Morgan fingerprint density at radius 3 is 2.70 bits per heavy atom. The van der Waals surface area contributed by atoms with Gasteiger partial charge in [-0.1, -0.05) is 19.0 Å². The normalized spacial score (nSPS) is 15.5. The summed E-state index contributed by atoms with van der Waals surface area (Å²) in [7, 11) is 0. The molecule has 0 amide bonds. The molecular weight excluding hydrogens is 150 g/mol. The summed E-state index contributed by atoms with van der Waals surface area (Å²) in [5.74, 6) is 0.